The highest BCUT2D eigenvalue weighted by molar-refractivity contribution is 7.07. The summed E-state index contributed by atoms with van der Waals surface area (Å²) < 4.78 is 1.76. The van der Waals surface area contributed by atoms with Gasteiger partial charge in [0.25, 0.3) is 0 Å². The molecule has 0 saturated heterocycles. The Balaban J connectivity index is 1.94. The topological polar surface area (TPSA) is 50.9 Å². The molecule has 2 heterocycles. The highest BCUT2D eigenvalue weighted by Crippen LogP contribution is 2.09. The fraction of sp³-hybridized carbons (Fsp3) is 0.400. The summed E-state index contributed by atoms with van der Waals surface area (Å²) >= 11 is 1.70. The van der Waals surface area contributed by atoms with Gasteiger partial charge >= 0.3 is 0 Å². The second kappa shape index (κ2) is 4.55. The number of aromatic nitrogens is 3. The summed E-state index contributed by atoms with van der Waals surface area (Å²) in [6, 6.07) is 2.11. The summed E-state index contributed by atoms with van der Waals surface area (Å²) in [5, 5.41) is 21.3. The first-order valence-corrected chi connectivity index (χ1v) is 5.79. The van der Waals surface area contributed by atoms with Crippen molar-refractivity contribution in [2.45, 2.75) is 26.0 Å². The zero-order valence-electron chi connectivity index (χ0n) is 8.50. The average Bonchev–Trinajstić information content (AvgIpc) is 2.86. The Bertz CT molecular complexity index is 408. The number of rotatable bonds is 4. The van der Waals surface area contributed by atoms with Crippen LogP contribution in [0.1, 0.15) is 24.3 Å². The monoisotopic (exact) mass is 223 g/mol. The van der Waals surface area contributed by atoms with E-state index in [4.69, 9.17) is 0 Å². The van der Waals surface area contributed by atoms with E-state index in [1.54, 1.807) is 29.1 Å². The summed E-state index contributed by atoms with van der Waals surface area (Å²) in [4.78, 5) is 0. The first-order chi connectivity index (χ1) is 7.25. The summed E-state index contributed by atoms with van der Waals surface area (Å²) in [6.45, 7) is 2.49. The Morgan fingerprint density at radius 2 is 2.47 bits per heavy atom. The van der Waals surface area contributed by atoms with Crippen LogP contribution in [0.4, 0.5) is 0 Å². The van der Waals surface area contributed by atoms with E-state index in [9.17, 15) is 5.11 Å². The van der Waals surface area contributed by atoms with E-state index in [1.165, 1.54) is 5.56 Å². The van der Waals surface area contributed by atoms with E-state index in [2.05, 4.69) is 27.1 Å². The van der Waals surface area contributed by atoms with E-state index in [-0.39, 0.29) is 0 Å². The third kappa shape index (κ3) is 2.64. The van der Waals surface area contributed by atoms with Gasteiger partial charge in [0.15, 0.2) is 0 Å². The van der Waals surface area contributed by atoms with E-state index in [1.807, 2.05) is 0 Å². The molecule has 0 fully saturated rings. The van der Waals surface area contributed by atoms with Gasteiger partial charge in [-0.25, -0.2) is 0 Å². The van der Waals surface area contributed by atoms with Crippen LogP contribution < -0.4 is 0 Å². The quantitative estimate of drug-likeness (QED) is 0.857. The van der Waals surface area contributed by atoms with Crippen LogP contribution in [0.25, 0.3) is 0 Å². The molecule has 1 atom stereocenters. The van der Waals surface area contributed by atoms with Crippen molar-refractivity contribution in [3.05, 3.63) is 34.3 Å². The van der Waals surface area contributed by atoms with E-state index >= 15 is 0 Å². The predicted molar refractivity (Wildman–Crippen MR) is 58.7 cm³/mol. The molecule has 0 aromatic carbocycles. The summed E-state index contributed by atoms with van der Waals surface area (Å²) in [5.41, 5.74) is 1.94. The van der Waals surface area contributed by atoms with Crippen molar-refractivity contribution in [1.29, 1.82) is 0 Å². The molecule has 0 radical (unpaired) electrons. The standard InChI is InChI=1S/C10H13N3OS/c1-8(14)10-6-13(12-11-10)4-2-9-3-5-15-7-9/h3,5-8,14H,2,4H2,1H3. The minimum Gasteiger partial charge on any atom is -0.387 e. The zero-order chi connectivity index (χ0) is 10.7. The fourth-order valence-corrected chi connectivity index (χ4v) is 2.00. The van der Waals surface area contributed by atoms with Crippen LogP contribution in [-0.4, -0.2) is 20.1 Å². The van der Waals surface area contributed by atoms with Gasteiger partial charge in [-0.1, -0.05) is 5.21 Å². The Kier molecular flexibility index (Phi) is 3.13. The molecule has 0 bridgehead atoms. The summed E-state index contributed by atoms with van der Waals surface area (Å²) in [5.74, 6) is 0. The highest BCUT2D eigenvalue weighted by Gasteiger charge is 2.05. The molecule has 5 heteroatoms. The summed E-state index contributed by atoms with van der Waals surface area (Å²) in [7, 11) is 0. The van der Waals surface area contributed by atoms with Crippen molar-refractivity contribution >= 4 is 11.3 Å². The molecule has 80 valence electrons. The average molecular weight is 223 g/mol. The van der Waals surface area contributed by atoms with Crippen LogP contribution in [-0.2, 0) is 13.0 Å². The molecule has 0 spiro atoms. The van der Waals surface area contributed by atoms with Gasteiger partial charge < -0.3 is 5.11 Å². The molecule has 0 amide bonds. The molecular weight excluding hydrogens is 210 g/mol. The fourth-order valence-electron chi connectivity index (χ4n) is 1.29. The number of nitrogens with zero attached hydrogens (tertiary/aromatic N) is 3. The largest absolute Gasteiger partial charge is 0.387 e. The van der Waals surface area contributed by atoms with Gasteiger partial charge in [-0.3, -0.25) is 4.68 Å². The zero-order valence-corrected chi connectivity index (χ0v) is 9.31. The van der Waals surface area contributed by atoms with E-state index in [0.717, 1.165) is 13.0 Å². The highest BCUT2D eigenvalue weighted by atomic mass is 32.1. The maximum Gasteiger partial charge on any atom is 0.111 e. The van der Waals surface area contributed by atoms with Gasteiger partial charge in [0.2, 0.25) is 0 Å². The Morgan fingerprint density at radius 3 is 3.07 bits per heavy atom. The Morgan fingerprint density at radius 1 is 1.60 bits per heavy atom. The number of thiophene rings is 1. The smallest absolute Gasteiger partial charge is 0.111 e. The SMILES string of the molecule is CC(O)c1cn(CCc2ccsc2)nn1. The molecule has 2 aromatic heterocycles. The van der Waals surface area contributed by atoms with Crippen LogP contribution in [0, 0.1) is 0 Å². The lowest BCUT2D eigenvalue weighted by atomic mass is 10.2. The molecule has 0 aliphatic carbocycles. The molecule has 2 rings (SSSR count). The van der Waals surface area contributed by atoms with E-state index in [0.29, 0.717) is 5.69 Å². The van der Waals surface area contributed by atoms with Crippen molar-refractivity contribution in [3.8, 4) is 0 Å². The maximum atomic E-state index is 9.28. The molecule has 4 nitrogen and oxygen atoms in total. The van der Waals surface area contributed by atoms with Gasteiger partial charge in [-0.2, -0.15) is 11.3 Å². The van der Waals surface area contributed by atoms with Gasteiger partial charge in [0, 0.05) is 6.54 Å². The third-order valence-corrected chi connectivity index (χ3v) is 2.93. The first-order valence-electron chi connectivity index (χ1n) is 4.85. The van der Waals surface area contributed by atoms with Gasteiger partial charge in [0.05, 0.1) is 12.3 Å². The summed E-state index contributed by atoms with van der Waals surface area (Å²) in [6.07, 6.45) is 2.20. The molecule has 0 aliphatic rings. The molecule has 1 N–H and O–H groups in total. The Labute approximate surface area is 92.2 Å². The van der Waals surface area contributed by atoms with Crippen molar-refractivity contribution in [1.82, 2.24) is 15.0 Å². The first kappa shape index (κ1) is 10.3. The molecule has 15 heavy (non-hydrogen) atoms. The van der Waals surface area contributed by atoms with Crippen LogP contribution >= 0.6 is 11.3 Å². The lowest BCUT2D eigenvalue weighted by molar-refractivity contribution is 0.194. The molecule has 0 aliphatic heterocycles. The van der Waals surface area contributed by atoms with Gasteiger partial charge in [-0.05, 0) is 35.7 Å². The van der Waals surface area contributed by atoms with Gasteiger partial charge in [-0.15, -0.1) is 5.10 Å². The number of hydrogen-bond acceptors (Lipinski definition) is 4. The van der Waals surface area contributed by atoms with Gasteiger partial charge in [0.1, 0.15) is 5.69 Å². The minimum atomic E-state index is -0.542. The molecule has 0 saturated carbocycles. The lowest BCUT2D eigenvalue weighted by Crippen LogP contribution is -2.01. The van der Waals surface area contributed by atoms with Crippen LogP contribution in [0.3, 0.4) is 0 Å². The molecule has 2 aromatic rings. The maximum absolute atomic E-state index is 9.28. The second-order valence-corrected chi connectivity index (χ2v) is 4.24. The van der Waals surface area contributed by atoms with E-state index < -0.39 is 6.10 Å². The van der Waals surface area contributed by atoms with Crippen LogP contribution in [0.5, 0.6) is 0 Å². The van der Waals surface area contributed by atoms with Crippen molar-refractivity contribution in [2.24, 2.45) is 0 Å². The predicted octanol–water partition coefficient (Wildman–Crippen LogP) is 1.64. The molecule has 1 unspecified atom stereocenters. The third-order valence-electron chi connectivity index (χ3n) is 2.19. The number of aliphatic hydroxyl groups is 1. The Hall–Kier alpha value is -1.20. The number of aliphatic hydroxyl groups excluding tert-OH is 1. The second-order valence-electron chi connectivity index (χ2n) is 3.46. The normalized spacial score (nSPS) is 12.9. The molecular formula is C10H13N3OS. The van der Waals surface area contributed by atoms with Crippen molar-refractivity contribution in [3.63, 3.8) is 0 Å². The number of hydrogen-bond donors (Lipinski definition) is 1. The van der Waals surface area contributed by atoms with Crippen LogP contribution in [0.2, 0.25) is 0 Å². The van der Waals surface area contributed by atoms with Crippen LogP contribution in [0.15, 0.2) is 23.0 Å². The van der Waals surface area contributed by atoms with Crippen molar-refractivity contribution < 1.29 is 5.11 Å². The lowest BCUT2D eigenvalue weighted by Gasteiger charge is -1.98. The van der Waals surface area contributed by atoms with Crippen molar-refractivity contribution in [2.75, 3.05) is 0 Å². The minimum absolute atomic E-state index is 0.542. The number of aryl methyl sites for hydroxylation is 2.